The van der Waals surface area contributed by atoms with Crippen molar-refractivity contribution in [3.8, 4) is 17.1 Å². The molecule has 0 aliphatic rings. The highest BCUT2D eigenvalue weighted by Crippen LogP contribution is 2.29. The highest BCUT2D eigenvalue weighted by molar-refractivity contribution is 9.10. The lowest BCUT2D eigenvalue weighted by molar-refractivity contribution is 0.0689. The Labute approximate surface area is 118 Å². The molecule has 0 radical (unpaired) electrons. The number of methoxy groups -OCH3 is 1. The number of carboxylic acid groups (broad SMARTS) is 1. The standard InChI is InChI=1S/C13H11BrN2O3/c1-7-3-4-8(10(5-7)19-2)12-15-6-9(14)11(16-12)13(17)18/h3-6H,1-2H3,(H,17,18). The number of ether oxygens (including phenoxy) is 1. The SMILES string of the molecule is COc1cc(C)ccc1-c1ncc(Br)c(C(=O)O)n1. The molecule has 0 fully saturated rings. The van der Waals surface area contributed by atoms with Crippen LogP contribution in [0.15, 0.2) is 28.9 Å². The summed E-state index contributed by atoms with van der Waals surface area (Å²) in [7, 11) is 1.55. The van der Waals surface area contributed by atoms with E-state index in [4.69, 9.17) is 9.84 Å². The number of rotatable bonds is 3. The fraction of sp³-hybridized carbons (Fsp3) is 0.154. The Balaban J connectivity index is 2.59. The summed E-state index contributed by atoms with van der Waals surface area (Å²) in [4.78, 5) is 19.2. The molecular weight excluding hydrogens is 312 g/mol. The van der Waals surface area contributed by atoms with Gasteiger partial charge < -0.3 is 9.84 Å². The van der Waals surface area contributed by atoms with Crippen molar-refractivity contribution in [3.05, 3.63) is 40.1 Å². The van der Waals surface area contributed by atoms with Gasteiger partial charge >= 0.3 is 5.97 Å². The van der Waals surface area contributed by atoms with Gasteiger partial charge in [0.15, 0.2) is 11.5 Å². The molecule has 0 unspecified atom stereocenters. The quantitative estimate of drug-likeness (QED) is 0.940. The number of nitrogens with zero attached hydrogens (tertiary/aromatic N) is 2. The first-order chi connectivity index (χ1) is 9.02. The Morgan fingerprint density at radius 1 is 1.42 bits per heavy atom. The average Bonchev–Trinajstić information content (AvgIpc) is 2.39. The minimum absolute atomic E-state index is 0.0763. The number of hydrogen-bond acceptors (Lipinski definition) is 4. The van der Waals surface area contributed by atoms with Crippen molar-refractivity contribution in [1.29, 1.82) is 0 Å². The summed E-state index contributed by atoms with van der Waals surface area (Å²) < 4.78 is 5.61. The van der Waals surface area contributed by atoms with E-state index in [9.17, 15) is 4.79 Å². The molecule has 5 nitrogen and oxygen atoms in total. The minimum atomic E-state index is -1.11. The number of hydrogen-bond donors (Lipinski definition) is 1. The molecule has 98 valence electrons. The van der Waals surface area contributed by atoms with E-state index in [2.05, 4.69) is 25.9 Å². The van der Waals surface area contributed by atoms with Crippen molar-refractivity contribution in [3.63, 3.8) is 0 Å². The molecule has 0 saturated heterocycles. The summed E-state index contributed by atoms with van der Waals surface area (Å²) in [6, 6.07) is 5.55. The van der Waals surface area contributed by atoms with E-state index < -0.39 is 5.97 Å². The molecule has 0 amide bonds. The molecule has 2 rings (SSSR count). The van der Waals surface area contributed by atoms with Crippen LogP contribution in [0.25, 0.3) is 11.4 Å². The number of aryl methyl sites for hydroxylation is 1. The van der Waals surface area contributed by atoms with Crippen molar-refractivity contribution in [2.75, 3.05) is 7.11 Å². The fourth-order valence-electron chi connectivity index (χ4n) is 1.63. The largest absolute Gasteiger partial charge is 0.496 e. The smallest absolute Gasteiger partial charge is 0.355 e. The van der Waals surface area contributed by atoms with Crippen LogP contribution in [0.1, 0.15) is 16.1 Å². The van der Waals surface area contributed by atoms with Gasteiger partial charge in [0.05, 0.1) is 17.1 Å². The van der Waals surface area contributed by atoms with Gasteiger partial charge in [-0.15, -0.1) is 0 Å². The number of benzene rings is 1. The van der Waals surface area contributed by atoms with Gasteiger partial charge in [-0.3, -0.25) is 0 Å². The molecule has 0 atom stereocenters. The summed E-state index contributed by atoms with van der Waals surface area (Å²) in [6.45, 7) is 1.94. The third kappa shape index (κ3) is 2.73. The van der Waals surface area contributed by atoms with Crippen LogP contribution in [0.4, 0.5) is 0 Å². The van der Waals surface area contributed by atoms with E-state index in [-0.39, 0.29) is 5.69 Å². The van der Waals surface area contributed by atoms with E-state index in [0.29, 0.717) is 21.6 Å². The molecule has 6 heteroatoms. The highest BCUT2D eigenvalue weighted by Gasteiger charge is 2.15. The van der Waals surface area contributed by atoms with Crippen molar-refractivity contribution >= 4 is 21.9 Å². The van der Waals surface area contributed by atoms with Crippen LogP contribution in [0.3, 0.4) is 0 Å². The van der Waals surface area contributed by atoms with Gasteiger partial charge in [-0.2, -0.15) is 0 Å². The highest BCUT2D eigenvalue weighted by atomic mass is 79.9. The van der Waals surface area contributed by atoms with Crippen molar-refractivity contribution < 1.29 is 14.6 Å². The lowest BCUT2D eigenvalue weighted by Crippen LogP contribution is -2.04. The van der Waals surface area contributed by atoms with Crippen LogP contribution >= 0.6 is 15.9 Å². The van der Waals surface area contributed by atoms with Crippen LogP contribution in [-0.4, -0.2) is 28.2 Å². The van der Waals surface area contributed by atoms with Crippen LogP contribution in [0.5, 0.6) is 5.75 Å². The van der Waals surface area contributed by atoms with Gasteiger partial charge in [-0.1, -0.05) is 6.07 Å². The average molecular weight is 323 g/mol. The van der Waals surface area contributed by atoms with E-state index >= 15 is 0 Å². The normalized spacial score (nSPS) is 10.3. The third-order valence-electron chi connectivity index (χ3n) is 2.54. The van der Waals surface area contributed by atoms with Crippen molar-refractivity contribution in [2.45, 2.75) is 6.92 Å². The maximum absolute atomic E-state index is 11.1. The monoisotopic (exact) mass is 322 g/mol. The maximum atomic E-state index is 11.1. The summed E-state index contributed by atoms with van der Waals surface area (Å²) in [5, 5.41) is 9.06. The molecule has 2 aromatic rings. The predicted octanol–water partition coefficient (Wildman–Crippen LogP) is 2.92. The fourth-order valence-corrected chi connectivity index (χ4v) is 1.99. The number of halogens is 1. The molecule has 19 heavy (non-hydrogen) atoms. The van der Waals surface area contributed by atoms with Gasteiger partial charge in [-0.05, 0) is 40.5 Å². The molecule has 1 N–H and O–H groups in total. The Morgan fingerprint density at radius 2 is 2.16 bits per heavy atom. The number of carboxylic acids is 1. The van der Waals surface area contributed by atoms with Gasteiger partial charge in [0.1, 0.15) is 5.75 Å². The molecule has 1 aromatic carbocycles. The number of carbonyl (C=O) groups is 1. The Kier molecular flexibility index (Phi) is 3.80. The summed E-state index contributed by atoms with van der Waals surface area (Å²) in [5.41, 5.74) is 1.62. The van der Waals surface area contributed by atoms with Gasteiger partial charge in [-0.25, -0.2) is 14.8 Å². The van der Waals surface area contributed by atoms with E-state index in [0.717, 1.165) is 5.56 Å². The Bertz CT molecular complexity index is 644. The van der Waals surface area contributed by atoms with Gasteiger partial charge in [0.2, 0.25) is 0 Å². The lowest BCUT2D eigenvalue weighted by atomic mass is 10.1. The second-order valence-electron chi connectivity index (χ2n) is 3.90. The Hall–Kier alpha value is -1.95. The molecule has 0 bridgehead atoms. The van der Waals surface area contributed by atoms with Crippen molar-refractivity contribution in [1.82, 2.24) is 9.97 Å². The second-order valence-corrected chi connectivity index (χ2v) is 4.75. The van der Waals surface area contributed by atoms with Crippen molar-refractivity contribution in [2.24, 2.45) is 0 Å². The van der Waals surface area contributed by atoms with Crippen LogP contribution in [0, 0.1) is 6.92 Å². The summed E-state index contributed by atoms with van der Waals surface area (Å²) in [6.07, 6.45) is 1.42. The van der Waals surface area contributed by atoms with Crippen LogP contribution in [0.2, 0.25) is 0 Å². The summed E-state index contributed by atoms with van der Waals surface area (Å²) >= 11 is 3.11. The lowest BCUT2D eigenvalue weighted by Gasteiger charge is -2.09. The van der Waals surface area contributed by atoms with E-state index in [1.165, 1.54) is 6.20 Å². The van der Waals surface area contributed by atoms with E-state index in [1.54, 1.807) is 7.11 Å². The number of aromatic carboxylic acids is 1. The molecular formula is C13H11BrN2O3. The van der Waals surface area contributed by atoms with Crippen LogP contribution < -0.4 is 4.74 Å². The Morgan fingerprint density at radius 3 is 2.79 bits per heavy atom. The summed E-state index contributed by atoms with van der Waals surface area (Å²) in [5.74, 6) is -0.183. The van der Waals surface area contributed by atoms with Gasteiger partial charge in [0.25, 0.3) is 0 Å². The molecule has 0 aliphatic heterocycles. The molecule has 0 aliphatic carbocycles. The molecule has 1 heterocycles. The first-order valence-corrected chi connectivity index (χ1v) is 6.23. The zero-order chi connectivity index (χ0) is 14.0. The van der Waals surface area contributed by atoms with E-state index in [1.807, 2.05) is 25.1 Å². The third-order valence-corrected chi connectivity index (χ3v) is 3.12. The zero-order valence-electron chi connectivity index (χ0n) is 10.3. The first-order valence-electron chi connectivity index (χ1n) is 5.43. The molecule has 0 saturated carbocycles. The van der Waals surface area contributed by atoms with Crippen LogP contribution in [-0.2, 0) is 0 Å². The number of aromatic nitrogens is 2. The maximum Gasteiger partial charge on any atom is 0.355 e. The molecule has 0 spiro atoms. The minimum Gasteiger partial charge on any atom is -0.496 e. The second kappa shape index (κ2) is 5.36. The molecule has 1 aromatic heterocycles. The first kappa shape index (κ1) is 13.5. The predicted molar refractivity (Wildman–Crippen MR) is 73.4 cm³/mol. The topological polar surface area (TPSA) is 72.3 Å². The zero-order valence-corrected chi connectivity index (χ0v) is 11.9. The van der Waals surface area contributed by atoms with Gasteiger partial charge in [0, 0.05) is 6.20 Å².